The highest BCUT2D eigenvalue weighted by atomic mass is 16.6. The van der Waals surface area contributed by atoms with Crippen LogP contribution in [0.3, 0.4) is 0 Å². The summed E-state index contributed by atoms with van der Waals surface area (Å²) in [5.74, 6) is -1.53. The van der Waals surface area contributed by atoms with Crippen LogP contribution in [0.15, 0.2) is 24.3 Å². The first-order valence-electron chi connectivity index (χ1n) is 6.66. The first-order valence-corrected chi connectivity index (χ1v) is 6.66. The molecule has 0 aliphatic carbocycles. The molecule has 112 valence electrons. The molecule has 1 heterocycles. The van der Waals surface area contributed by atoms with Crippen LogP contribution < -0.4 is 0 Å². The number of nitro groups is 1. The Morgan fingerprint density at radius 1 is 1.43 bits per heavy atom. The molecule has 0 aromatic heterocycles. The molecule has 1 fully saturated rings. The number of para-hydroxylation sites is 1. The first-order chi connectivity index (χ1) is 9.91. The smallest absolute Gasteiger partial charge is 0.326 e. The normalized spacial score (nSPS) is 21.3. The van der Waals surface area contributed by atoms with Crippen LogP contribution in [0.25, 0.3) is 0 Å². The van der Waals surface area contributed by atoms with Crippen molar-refractivity contribution in [3.63, 3.8) is 0 Å². The zero-order chi connectivity index (χ0) is 15.6. The number of amides is 1. The standard InChI is InChI=1S/C14H16N2O5/c1-9-6-7-15(13(9)14(18)19)12(17)8-10-4-2-3-5-11(10)16(20)21/h2-5,9,13H,6-8H2,1H3,(H,18,19). The second-order valence-corrected chi connectivity index (χ2v) is 5.20. The maximum atomic E-state index is 12.3. The second-order valence-electron chi connectivity index (χ2n) is 5.20. The lowest BCUT2D eigenvalue weighted by Gasteiger charge is -2.23. The van der Waals surface area contributed by atoms with E-state index < -0.39 is 16.9 Å². The second kappa shape index (κ2) is 5.90. The molecule has 1 aliphatic rings. The summed E-state index contributed by atoms with van der Waals surface area (Å²) in [5.41, 5.74) is 0.182. The molecule has 2 unspecified atom stereocenters. The highest BCUT2D eigenvalue weighted by Crippen LogP contribution is 2.26. The van der Waals surface area contributed by atoms with E-state index in [2.05, 4.69) is 0 Å². The Labute approximate surface area is 121 Å². The maximum absolute atomic E-state index is 12.3. The highest BCUT2D eigenvalue weighted by Gasteiger charge is 2.39. The number of nitrogens with zero attached hydrogens (tertiary/aromatic N) is 2. The number of carboxylic acid groups (broad SMARTS) is 1. The first kappa shape index (κ1) is 15.0. The fraction of sp³-hybridized carbons (Fsp3) is 0.429. The lowest BCUT2D eigenvalue weighted by atomic mass is 10.0. The Morgan fingerprint density at radius 3 is 2.71 bits per heavy atom. The van der Waals surface area contributed by atoms with Crippen LogP contribution in [-0.2, 0) is 16.0 Å². The molecule has 0 saturated carbocycles. The number of rotatable bonds is 4. The van der Waals surface area contributed by atoms with E-state index >= 15 is 0 Å². The van der Waals surface area contributed by atoms with Gasteiger partial charge in [0.15, 0.2) is 0 Å². The number of aliphatic carboxylic acids is 1. The van der Waals surface area contributed by atoms with Gasteiger partial charge in [-0.05, 0) is 12.3 Å². The van der Waals surface area contributed by atoms with Crippen molar-refractivity contribution < 1.29 is 19.6 Å². The lowest BCUT2D eigenvalue weighted by Crippen LogP contribution is -2.43. The van der Waals surface area contributed by atoms with Crippen molar-refractivity contribution >= 4 is 17.6 Å². The molecule has 0 radical (unpaired) electrons. The third-order valence-corrected chi connectivity index (χ3v) is 3.80. The molecule has 1 amide bonds. The maximum Gasteiger partial charge on any atom is 0.326 e. The van der Waals surface area contributed by atoms with Gasteiger partial charge in [0.05, 0.1) is 11.3 Å². The van der Waals surface area contributed by atoms with Gasteiger partial charge in [-0.15, -0.1) is 0 Å². The molecular weight excluding hydrogens is 276 g/mol. The fourth-order valence-electron chi connectivity index (χ4n) is 2.71. The molecule has 2 rings (SSSR count). The average Bonchev–Trinajstić information content (AvgIpc) is 2.81. The van der Waals surface area contributed by atoms with Crippen LogP contribution in [0, 0.1) is 16.0 Å². The number of hydrogen-bond acceptors (Lipinski definition) is 4. The predicted molar refractivity (Wildman–Crippen MR) is 73.7 cm³/mol. The number of carbonyl (C=O) groups excluding carboxylic acids is 1. The fourth-order valence-corrected chi connectivity index (χ4v) is 2.71. The van der Waals surface area contributed by atoms with Crippen LogP contribution in [0.5, 0.6) is 0 Å². The summed E-state index contributed by atoms with van der Waals surface area (Å²) in [7, 11) is 0. The minimum Gasteiger partial charge on any atom is -0.480 e. The van der Waals surface area contributed by atoms with Crippen molar-refractivity contribution in [3.8, 4) is 0 Å². The van der Waals surface area contributed by atoms with Gasteiger partial charge in [-0.25, -0.2) is 4.79 Å². The molecule has 1 aromatic rings. The van der Waals surface area contributed by atoms with E-state index in [0.29, 0.717) is 18.5 Å². The van der Waals surface area contributed by atoms with Crippen molar-refractivity contribution in [2.45, 2.75) is 25.8 Å². The molecule has 1 saturated heterocycles. The molecule has 21 heavy (non-hydrogen) atoms. The van der Waals surface area contributed by atoms with E-state index in [9.17, 15) is 24.8 Å². The molecule has 2 atom stereocenters. The van der Waals surface area contributed by atoms with Gasteiger partial charge >= 0.3 is 5.97 Å². The van der Waals surface area contributed by atoms with Gasteiger partial charge in [0, 0.05) is 18.2 Å². The monoisotopic (exact) mass is 292 g/mol. The molecule has 7 nitrogen and oxygen atoms in total. The highest BCUT2D eigenvalue weighted by molar-refractivity contribution is 5.86. The minimum atomic E-state index is -1.03. The van der Waals surface area contributed by atoms with Gasteiger partial charge in [-0.2, -0.15) is 0 Å². The zero-order valence-corrected chi connectivity index (χ0v) is 11.6. The summed E-state index contributed by atoms with van der Waals surface area (Å²) >= 11 is 0. The number of hydrogen-bond donors (Lipinski definition) is 1. The van der Waals surface area contributed by atoms with E-state index in [4.69, 9.17) is 0 Å². The molecule has 1 aromatic carbocycles. The van der Waals surface area contributed by atoms with Crippen molar-refractivity contribution in [2.24, 2.45) is 5.92 Å². The van der Waals surface area contributed by atoms with Gasteiger partial charge < -0.3 is 10.0 Å². The summed E-state index contributed by atoms with van der Waals surface area (Å²) in [6, 6.07) is 5.16. The molecule has 0 bridgehead atoms. The Balaban J connectivity index is 2.19. The minimum absolute atomic E-state index is 0.114. The predicted octanol–water partition coefficient (Wildman–Crippen LogP) is 1.46. The van der Waals surface area contributed by atoms with Gasteiger partial charge in [-0.3, -0.25) is 14.9 Å². The van der Waals surface area contributed by atoms with Gasteiger partial charge in [0.25, 0.3) is 5.69 Å². The lowest BCUT2D eigenvalue weighted by molar-refractivity contribution is -0.385. The topological polar surface area (TPSA) is 101 Å². The van der Waals surface area contributed by atoms with Gasteiger partial charge in [0.1, 0.15) is 6.04 Å². The summed E-state index contributed by atoms with van der Waals surface area (Å²) in [6.45, 7) is 2.16. The average molecular weight is 292 g/mol. The summed E-state index contributed by atoms with van der Waals surface area (Å²) in [6.07, 6.45) is 0.466. The van der Waals surface area contributed by atoms with E-state index in [0.717, 1.165) is 0 Å². The van der Waals surface area contributed by atoms with Crippen LogP contribution in [-0.4, -0.2) is 39.4 Å². The van der Waals surface area contributed by atoms with Crippen molar-refractivity contribution in [1.29, 1.82) is 0 Å². The van der Waals surface area contributed by atoms with Gasteiger partial charge in [0.2, 0.25) is 5.91 Å². The van der Waals surface area contributed by atoms with E-state index in [1.807, 2.05) is 0 Å². The Morgan fingerprint density at radius 2 is 2.10 bits per heavy atom. The molecular formula is C14H16N2O5. The van der Waals surface area contributed by atoms with E-state index in [1.165, 1.54) is 23.1 Å². The Bertz CT molecular complexity index is 586. The number of carbonyl (C=O) groups is 2. The third-order valence-electron chi connectivity index (χ3n) is 3.80. The zero-order valence-electron chi connectivity index (χ0n) is 11.6. The number of nitro benzene ring substituents is 1. The van der Waals surface area contributed by atoms with Crippen LogP contribution in [0.2, 0.25) is 0 Å². The molecule has 1 aliphatic heterocycles. The van der Waals surface area contributed by atoms with E-state index in [1.54, 1.807) is 13.0 Å². The quantitative estimate of drug-likeness (QED) is 0.668. The molecule has 0 spiro atoms. The van der Waals surface area contributed by atoms with Crippen LogP contribution in [0.1, 0.15) is 18.9 Å². The summed E-state index contributed by atoms with van der Waals surface area (Å²) in [5, 5.41) is 20.1. The Kier molecular flexibility index (Phi) is 4.21. The largest absolute Gasteiger partial charge is 0.480 e. The molecule has 1 N–H and O–H groups in total. The van der Waals surface area contributed by atoms with Crippen molar-refractivity contribution in [1.82, 2.24) is 4.90 Å². The number of benzene rings is 1. The summed E-state index contributed by atoms with van der Waals surface area (Å²) < 4.78 is 0. The van der Waals surface area contributed by atoms with E-state index in [-0.39, 0.29) is 23.9 Å². The Hall–Kier alpha value is -2.44. The van der Waals surface area contributed by atoms with Gasteiger partial charge in [-0.1, -0.05) is 25.1 Å². The number of likely N-dealkylation sites (tertiary alicyclic amines) is 1. The summed E-state index contributed by atoms with van der Waals surface area (Å²) in [4.78, 5) is 35.2. The SMILES string of the molecule is CC1CCN(C(=O)Cc2ccccc2[N+](=O)[O-])C1C(=O)O. The molecule has 7 heteroatoms. The third kappa shape index (κ3) is 3.01. The van der Waals surface area contributed by atoms with Crippen molar-refractivity contribution in [3.05, 3.63) is 39.9 Å². The van der Waals surface area contributed by atoms with Crippen LogP contribution in [0.4, 0.5) is 5.69 Å². The van der Waals surface area contributed by atoms with Crippen LogP contribution >= 0.6 is 0 Å². The van der Waals surface area contributed by atoms with Crippen molar-refractivity contribution in [2.75, 3.05) is 6.54 Å². The number of carboxylic acids is 1.